The van der Waals surface area contributed by atoms with Crippen LogP contribution in [-0.2, 0) is 23.9 Å². The molecule has 2 unspecified atom stereocenters. The molecule has 0 fully saturated rings. The number of hydrogen-bond acceptors (Lipinski definition) is 7. The van der Waals surface area contributed by atoms with Gasteiger partial charge in [0.15, 0.2) is 5.78 Å². The van der Waals surface area contributed by atoms with Crippen molar-refractivity contribution in [3.8, 4) is 0 Å². The van der Waals surface area contributed by atoms with Gasteiger partial charge in [0.1, 0.15) is 6.10 Å². The Morgan fingerprint density at radius 2 is 1.89 bits per heavy atom. The molecular formula is C29H42N2O7. The molecule has 0 radical (unpaired) electrons. The van der Waals surface area contributed by atoms with Gasteiger partial charge >= 0.3 is 6.09 Å². The molecule has 0 aliphatic carbocycles. The van der Waals surface area contributed by atoms with Crippen molar-refractivity contribution in [1.82, 2.24) is 5.32 Å². The maximum atomic E-state index is 13.4. The molecule has 4 atom stereocenters. The first-order valence-electron chi connectivity index (χ1n) is 12.8. The molecule has 0 aromatic heterocycles. The van der Waals surface area contributed by atoms with Gasteiger partial charge in [-0.25, -0.2) is 4.79 Å². The highest BCUT2D eigenvalue weighted by molar-refractivity contribution is 6.14. The molecule has 1 aliphatic rings. The fourth-order valence-electron chi connectivity index (χ4n) is 3.99. The second-order valence-electron chi connectivity index (χ2n) is 9.80. The number of amides is 2. The number of aliphatic hydroxyl groups excluding tert-OH is 1. The number of methoxy groups -OCH3 is 1. The Hall–Kier alpha value is -3.30. The van der Waals surface area contributed by atoms with Crippen molar-refractivity contribution in [3.05, 3.63) is 58.9 Å². The average molecular weight is 531 g/mol. The van der Waals surface area contributed by atoms with E-state index in [0.29, 0.717) is 36.8 Å². The highest BCUT2D eigenvalue weighted by atomic mass is 16.6. The fraction of sp³-hybridized carbons (Fsp3) is 0.517. The lowest BCUT2D eigenvalue weighted by atomic mass is 9.89. The zero-order valence-electron chi connectivity index (χ0n) is 23.3. The molecule has 38 heavy (non-hydrogen) atoms. The summed E-state index contributed by atoms with van der Waals surface area (Å²) in [5.74, 6) is -1.58. The molecule has 2 amide bonds. The Labute approximate surface area is 225 Å². The van der Waals surface area contributed by atoms with Crippen LogP contribution in [0.3, 0.4) is 0 Å². The number of nitrogens with one attached hydrogen (secondary N) is 1. The van der Waals surface area contributed by atoms with E-state index in [-0.39, 0.29) is 29.9 Å². The van der Waals surface area contributed by atoms with E-state index >= 15 is 0 Å². The van der Waals surface area contributed by atoms with Gasteiger partial charge in [-0.2, -0.15) is 0 Å². The molecule has 1 heterocycles. The van der Waals surface area contributed by atoms with Crippen LogP contribution in [0.1, 0.15) is 60.3 Å². The van der Waals surface area contributed by atoms with Gasteiger partial charge in [0.25, 0.3) is 5.91 Å². The van der Waals surface area contributed by atoms with E-state index in [1.807, 2.05) is 26.8 Å². The van der Waals surface area contributed by atoms with Gasteiger partial charge in [-0.15, -0.1) is 0 Å². The highest BCUT2D eigenvalue weighted by Crippen LogP contribution is 2.24. The van der Waals surface area contributed by atoms with E-state index in [2.05, 4.69) is 5.32 Å². The van der Waals surface area contributed by atoms with Crippen molar-refractivity contribution in [2.75, 3.05) is 13.7 Å². The topological polar surface area (TPSA) is 145 Å². The van der Waals surface area contributed by atoms with Gasteiger partial charge in [0.2, 0.25) is 5.78 Å². The van der Waals surface area contributed by atoms with E-state index in [9.17, 15) is 24.3 Å². The molecule has 4 N–H and O–H groups in total. The van der Waals surface area contributed by atoms with Crippen LogP contribution >= 0.6 is 0 Å². The molecule has 0 bridgehead atoms. The van der Waals surface area contributed by atoms with Gasteiger partial charge in [0, 0.05) is 36.7 Å². The molecule has 9 nitrogen and oxygen atoms in total. The number of ketones is 2. The molecule has 1 rings (SSSR count). The number of nitrogens with two attached hydrogens (primary N) is 1. The van der Waals surface area contributed by atoms with Crippen LogP contribution in [0.15, 0.2) is 58.9 Å². The summed E-state index contributed by atoms with van der Waals surface area (Å²) in [7, 11) is 1.51. The smallest absolute Gasteiger partial charge is 0.405 e. The lowest BCUT2D eigenvalue weighted by Gasteiger charge is -2.22. The zero-order chi connectivity index (χ0) is 28.8. The summed E-state index contributed by atoms with van der Waals surface area (Å²) in [4.78, 5) is 49.5. The molecular weight excluding hydrogens is 488 g/mol. The van der Waals surface area contributed by atoms with Crippen LogP contribution in [0, 0.1) is 11.8 Å². The van der Waals surface area contributed by atoms with Crippen LogP contribution in [0.2, 0.25) is 0 Å². The summed E-state index contributed by atoms with van der Waals surface area (Å²) in [6.07, 6.45) is 9.13. The number of ether oxygens (including phenoxy) is 2. The molecule has 0 spiro atoms. The van der Waals surface area contributed by atoms with Gasteiger partial charge in [-0.05, 0) is 51.5 Å². The van der Waals surface area contributed by atoms with Crippen LogP contribution in [-0.4, -0.2) is 54.6 Å². The summed E-state index contributed by atoms with van der Waals surface area (Å²) in [6.45, 7) is 8.73. The van der Waals surface area contributed by atoms with Gasteiger partial charge in [-0.1, -0.05) is 44.2 Å². The summed E-state index contributed by atoms with van der Waals surface area (Å²) < 4.78 is 10.4. The molecule has 1 aliphatic heterocycles. The van der Waals surface area contributed by atoms with Crippen LogP contribution in [0.5, 0.6) is 0 Å². The molecule has 210 valence electrons. The number of carbonyl (C=O) groups is 4. The lowest BCUT2D eigenvalue weighted by Crippen LogP contribution is -2.30. The highest BCUT2D eigenvalue weighted by Gasteiger charge is 2.22. The van der Waals surface area contributed by atoms with E-state index < -0.39 is 30.0 Å². The van der Waals surface area contributed by atoms with Crippen LogP contribution in [0.4, 0.5) is 4.79 Å². The molecule has 0 aromatic carbocycles. The minimum Gasteiger partial charge on any atom is -0.442 e. The maximum absolute atomic E-state index is 13.4. The third-order valence-corrected chi connectivity index (χ3v) is 6.24. The largest absolute Gasteiger partial charge is 0.442 e. The molecule has 0 saturated heterocycles. The monoisotopic (exact) mass is 530 g/mol. The van der Waals surface area contributed by atoms with Gasteiger partial charge < -0.3 is 25.6 Å². The summed E-state index contributed by atoms with van der Waals surface area (Å²) in [5.41, 5.74) is 6.60. The Balaban J connectivity index is 3.46. The maximum Gasteiger partial charge on any atom is 0.405 e. The number of rotatable bonds is 4. The molecule has 9 heteroatoms. The molecule has 0 saturated carbocycles. The van der Waals surface area contributed by atoms with Crippen molar-refractivity contribution in [2.45, 2.75) is 72.5 Å². The third kappa shape index (κ3) is 11.8. The Morgan fingerprint density at radius 3 is 2.50 bits per heavy atom. The Bertz CT molecular complexity index is 1020. The average Bonchev–Trinajstić information content (AvgIpc) is 2.84. The lowest BCUT2D eigenvalue weighted by molar-refractivity contribution is -0.119. The SMILES string of the molecule is COCC=C1C[C@H](C)CCC(O)C(C)/C=C(\C)[C@H](OC(N)=O)C/C=C/C=C(\C)C(=O)N/C(=C/C(C)=O)C1=O. The normalized spacial score (nSPS) is 30.6. The quantitative estimate of drug-likeness (QED) is 0.370. The second-order valence-corrected chi connectivity index (χ2v) is 9.80. The number of hydrogen-bond donors (Lipinski definition) is 3. The Morgan fingerprint density at radius 1 is 1.21 bits per heavy atom. The van der Waals surface area contributed by atoms with Crippen molar-refractivity contribution < 1.29 is 33.8 Å². The van der Waals surface area contributed by atoms with E-state index in [1.54, 1.807) is 31.2 Å². The summed E-state index contributed by atoms with van der Waals surface area (Å²) >= 11 is 0. The Kier molecular flexibility index (Phi) is 14.2. The third-order valence-electron chi connectivity index (χ3n) is 6.24. The minimum atomic E-state index is -0.908. The summed E-state index contributed by atoms with van der Waals surface area (Å²) in [6, 6.07) is 0. The minimum absolute atomic E-state index is 0.0159. The predicted molar refractivity (Wildman–Crippen MR) is 146 cm³/mol. The van der Waals surface area contributed by atoms with Crippen LogP contribution in [0.25, 0.3) is 0 Å². The van der Waals surface area contributed by atoms with Crippen molar-refractivity contribution in [1.29, 1.82) is 0 Å². The van der Waals surface area contributed by atoms with E-state index in [1.165, 1.54) is 14.0 Å². The van der Waals surface area contributed by atoms with Crippen molar-refractivity contribution in [3.63, 3.8) is 0 Å². The summed E-state index contributed by atoms with van der Waals surface area (Å²) in [5, 5.41) is 13.3. The number of primary amides is 1. The predicted octanol–water partition coefficient (Wildman–Crippen LogP) is 3.84. The number of Topliss-reactive ketones (excluding diaryl/α,β-unsaturated/α-hetero) is 1. The second kappa shape index (κ2) is 16.5. The standard InChI is InChI=1S/C29H42N2O7/c1-18-11-12-25(33)20(3)16-21(4)26(38-29(30)36)10-8-7-9-19(2)28(35)31-24(17-22(5)32)27(34)23(15-18)13-14-37-6/h7-9,13,16-18,20,25-26,33H,10-12,14-15H2,1-6H3,(H2,30,36)(H,31,35)/b8-7+,19-9+,21-16+,23-13?,24-17+/t18-,20?,25?,26-/m1/s1. The first kappa shape index (κ1) is 32.7. The number of aliphatic hydroxyl groups is 1. The van der Waals surface area contributed by atoms with Crippen molar-refractivity contribution >= 4 is 23.6 Å². The van der Waals surface area contributed by atoms with Gasteiger partial charge in [-0.3, -0.25) is 14.4 Å². The number of allylic oxidation sites excluding steroid dienone is 4. The zero-order valence-corrected chi connectivity index (χ0v) is 23.3. The fourth-order valence-corrected chi connectivity index (χ4v) is 3.99. The van der Waals surface area contributed by atoms with E-state index in [4.69, 9.17) is 15.2 Å². The first-order valence-corrected chi connectivity index (χ1v) is 12.8. The first-order chi connectivity index (χ1) is 17.8. The van der Waals surface area contributed by atoms with E-state index in [0.717, 1.165) is 11.6 Å². The van der Waals surface area contributed by atoms with Gasteiger partial charge in [0.05, 0.1) is 18.4 Å². The number of carbonyl (C=O) groups excluding carboxylic acids is 4. The van der Waals surface area contributed by atoms with Crippen molar-refractivity contribution in [2.24, 2.45) is 17.6 Å². The molecule has 0 aromatic rings. The van der Waals surface area contributed by atoms with Crippen LogP contribution < -0.4 is 11.1 Å².